The number of hydrogen-bond donors (Lipinski definition) is 1. The Kier molecular flexibility index (Phi) is 5.03. The van der Waals surface area contributed by atoms with Crippen LogP contribution in [0.3, 0.4) is 0 Å². The van der Waals surface area contributed by atoms with Gasteiger partial charge in [0.2, 0.25) is 11.8 Å². The lowest BCUT2D eigenvalue weighted by Crippen LogP contribution is -2.45. The minimum absolute atomic E-state index is 0.0161. The van der Waals surface area contributed by atoms with Crippen LogP contribution in [0.15, 0.2) is 41.8 Å². The number of thioether (sulfide) groups is 1. The summed E-state index contributed by atoms with van der Waals surface area (Å²) >= 11 is 3.19. The van der Waals surface area contributed by atoms with Crippen LogP contribution in [0.25, 0.3) is 0 Å². The number of nitrogens with zero attached hydrogens (tertiary/aromatic N) is 1. The molecule has 1 saturated heterocycles. The van der Waals surface area contributed by atoms with E-state index in [2.05, 4.69) is 5.32 Å². The van der Waals surface area contributed by atoms with Gasteiger partial charge in [0.25, 0.3) is 0 Å². The lowest BCUT2D eigenvalue weighted by atomic mass is 10.2. The first kappa shape index (κ1) is 16.1. The van der Waals surface area contributed by atoms with Crippen LogP contribution >= 0.6 is 23.1 Å². The lowest BCUT2D eigenvalue weighted by Gasteiger charge is -2.23. The van der Waals surface area contributed by atoms with Crippen molar-refractivity contribution < 1.29 is 9.59 Å². The van der Waals surface area contributed by atoms with Crippen LogP contribution in [-0.2, 0) is 16.0 Å². The highest BCUT2D eigenvalue weighted by Crippen LogP contribution is 2.24. The molecule has 2 amide bonds. The quantitative estimate of drug-likeness (QED) is 0.925. The molecule has 1 aliphatic heterocycles. The first-order valence-corrected chi connectivity index (χ1v) is 9.44. The fourth-order valence-corrected chi connectivity index (χ4v) is 4.38. The second kappa shape index (κ2) is 7.19. The van der Waals surface area contributed by atoms with Gasteiger partial charge in [-0.1, -0.05) is 24.3 Å². The number of anilines is 1. The van der Waals surface area contributed by atoms with Crippen LogP contribution in [0.5, 0.6) is 0 Å². The predicted octanol–water partition coefficient (Wildman–Crippen LogP) is 3.14. The Hall–Kier alpha value is -1.79. The summed E-state index contributed by atoms with van der Waals surface area (Å²) in [5.41, 5.74) is 1.82. The van der Waals surface area contributed by atoms with Crippen LogP contribution in [0.1, 0.15) is 10.4 Å². The van der Waals surface area contributed by atoms with Gasteiger partial charge in [-0.25, -0.2) is 0 Å². The number of benzene rings is 1. The summed E-state index contributed by atoms with van der Waals surface area (Å²) < 4.78 is 0. The number of rotatable bonds is 4. The summed E-state index contributed by atoms with van der Waals surface area (Å²) in [7, 11) is 0. The SMILES string of the molecule is Cc1ccccc1NC(=O)C1CSCN1C(=O)Cc1cccs1. The number of carbonyl (C=O) groups excluding carboxylic acids is 2. The van der Waals surface area contributed by atoms with Crippen molar-refractivity contribution in [3.8, 4) is 0 Å². The molecule has 6 heteroatoms. The van der Waals surface area contributed by atoms with Gasteiger partial charge in [-0.2, -0.15) is 0 Å². The molecule has 0 radical (unpaired) electrons. The van der Waals surface area contributed by atoms with Gasteiger partial charge in [0.05, 0.1) is 12.3 Å². The summed E-state index contributed by atoms with van der Waals surface area (Å²) in [6, 6.07) is 11.2. The fraction of sp³-hybridized carbons (Fsp3) is 0.294. The Labute approximate surface area is 143 Å². The third kappa shape index (κ3) is 3.76. The monoisotopic (exact) mass is 346 g/mol. The van der Waals surface area contributed by atoms with Gasteiger partial charge in [-0.3, -0.25) is 9.59 Å². The Balaban J connectivity index is 1.67. The average Bonchev–Trinajstić information content (AvgIpc) is 3.20. The highest BCUT2D eigenvalue weighted by molar-refractivity contribution is 7.99. The molecule has 2 heterocycles. The lowest BCUT2D eigenvalue weighted by molar-refractivity contribution is -0.135. The molecule has 3 rings (SSSR count). The Bertz CT molecular complexity index is 700. The number of para-hydroxylation sites is 1. The van der Waals surface area contributed by atoms with E-state index in [-0.39, 0.29) is 11.8 Å². The van der Waals surface area contributed by atoms with E-state index in [1.807, 2.05) is 48.7 Å². The standard InChI is InChI=1S/C17H18N2O2S2/c1-12-5-2-3-7-14(12)18-17(21)15-10-22-11-19(15)16(20)9-13-6-4-8-23-13/h2-8,15H,9-11H2,1H3,(H,18,21). The zero-order valence-electron chi connectivity index (χ0n) is 12.8. The van der Waals surface area contributed by atoms with Gasteiger partial charge in [-0.15, -0.1) is 23.1 Å². The average molecular weight is 346 g/mol. The maximum Gasteiger partial charge on any atom is 0.248 e. The Morgan fingerprint density at radius 1 is 1.26 bits per heavy atom. The summed E-state index contributed by atoms with van der Waals surface area (Å²) in [4.78, 5) is 27.8. The second-order valence-electron chi connectivity index (χ2n) is 5.44. The number of nitrogens with one attached hydrogen (secondary N) is 1. The van der Waals surface area contributed by atoms with E-state index in [9.17, 15) is 9.59 Å². The third-order valence-electron chi connectivity index (χ3n) is 3.81. The molecule has 0 aliphatic carbocycles. The normalized spacial score (nSPS) is 17.3. The third-order valence-corrected chi connectivity index (χ3v) is 5.70. The Morgan fingerprint density at radius 2 is 2.09 bits per heavy atom. The van der Waals surface area contributed by atoms with Gasteiger partial charge in [-0.05, 0) is 30.0 Å². The van der Waals surface area contributed by atoms with Gasteiger partial charge < -0.3 is 10.2 Å². The minimum Gasteiger partial charge on any atom is -0.324 e. The van der Waals surface area contributed by atoms with E-state index in [4.69, 9.17) is 0 Å². The number of hydrogen-bond acceptors (Lipinski definition) is 4. The minimum atomic E-state index is -0.396. The largest absolute Gasteiger partial charge is 0.324 e. The molecule has 1 unspecified atom stereocenters. The maximum absolute atomic E-state index is 12.6. The second-order valence-corrected chi connectivity index (χ2v) is 7.47. The summed E-state index contributed by atoms with van der Waals surface area (Å²) in [5.74, 6) is 1.13. The van der Waals surface area contributed by atoms with E-state index < -0.39 is 6.04 Å². The zero-order chi connectivity index (χ0) is 16.2. The summed E-state index contributed by atoms with van der Waals surface area (Å²) in [6.45, 7) is 1.96. The van der Waals surface area contributed by atoms with Crippen LogP contribution in [-0.4, -0.2) is 34.4 Å². The predicted molar refractivity (Wildman–Crippen MR) is 95.8 cm³/mol. The van der Waals surface area contributed by atoms with Crippen LogP contribution < -0.4 is 5.32 Å². The van der Waals surface area contributed by atoms with Gasteiger partial charge in [0.15, 0.2) is 0 Å². The van der Waals surface area contributed by atoms with Crippen LogP contribution in [0.2, 0.25) is 0 Å². The van der Waals surface area contributed by atoms with Crippen molar-refractivity contribution in [3.05, 3.63) is 52.2 Å². The van der Waals surface area contributed by atoms with Crippen molar-refractivity contribution in [2.24, 2.45) is 0 Å². The van der Waals surface area contributed by atoms with Crippen molar-refractivity contribution >= 4 is 40.6 Å². The molecule has 2 aromatic rings. The summed E-state index contributed by atoms with van der Waals surface area (Å²) in [6.07, 6.45) is 0.367. The topological polar surface area (TPSA) is 49.4 Å². The molecule has 1 aromatic heterocycles. The van der Waals surface area contributed by atoms with Crippen LogP contribution in [0, 0.1) is 6.92 Å². The molecule has 23 heavy (non-hydrogen) atoms. The molecule has 1 atom stereocenters. The molecule has 0 saturated carbocycles. The molecule has 0 spiro atoms. The van der Waals surface area contributed by atoms with E-state index in [1.165, 1.54) is 0 Å². The van der Waals surface area contributed by atoms with Crippen molar-refractivity contribution in [2.75, 3.05) is 16.9 Å². The fourth-order valence-electron chi connectivity index (χ4n) is 2.50. The number of aryl methyl sites for hydroxylation is 1. The molecule has 1 N–H and O–H groups in total. The number of amides is 2. The maximum atomic E-state index is 12.6. The first-order chi connectivity index (χ1) is 11.1. The first-order valence-electron chi connectivity index (χ1n) is 7.41. The zero-order valence-corrected chi connectivity index (χ0v) is 14.5. The van der Waals surface area contributed by atoms with E-state index in [0.29, 0.717) is 18.1 Å². The van der Waals surface area contributed by atoms with Crippen molar-refractivity contribution in [1.29, 1.82) is 0 Å². The van der Waals surface area contributed by atoms with Gasteiger partial charge in [0, 0.05) is 16.3 Å². The number of thiophene rings is 1. The highest BCUT2D eigenvalue weighted by Gasteiger charge is 2.34. The molecule has 1 fully saturated rings. The van der Waals surface area contributed by atoms with E-state index in [0.717, 1.165) is 16.1 Å². The molecule has 0 bridgehead atoms. The van der Waals surface area contributed by atoms with Crippen molar-refractivity contribution in [3.63, 3.8) is 0 Å². The molecule has 120 valence electrons. The smallest absolute Gasteiger partial charge is 0.248 e. The molecular weight excluding hydrogens is 328 g/mol. The molecular formula is C17H18N2O2S2. The van der Waals surface area contributed by atoms with Gasteiger partial charge in [0.1, 0.15) is 6.04 Å². The van der Waals surface area contributed by atoms with Crippen molar-refractivity contribution in [1.82, 2.24) is 4.90 Å². The van der Waals surface area contributed by atoms with Gasteiger partial charge >= 0.3 is 0 Å². The van der Waals surface area contributed by atoms with E-state index in [1.54, 1.807) is 28.0 Å². The summed E-state index contributed by atoms with van der Waals surface area (Å²) in [5, 5.41) is 4.91. The molecule has 4 nitrogen and oxygen atoms in total. The number of carbonyl (C=O) groups is 2. The van der Waals surface area contributed by atoms with Crippen LogP contribution in [0.4, 0.5) is 5.69 Å². The van der Waals surface area contributed by atoms with Crippen molar-refractivity contribution in [2.45, 2.75) is 19.4 Å². The Morgan fingerprint density at radius 3 is 2.83 bits per heavy atom. The highest BCUT2D eigenvalue weighted by atomic mass is 32.2. The molecule has 1 aromatic carbocycles. The van der Waals surface area contributed by atoms with E-state index >= 15 is 0 Å². The molecule has 1 aliphatic rings.